The number of nitrogens with zero attached hydrogens (tertiary/aromatic N) is 5. The molecule has 2 amide bonds. The van der Waals surface area contributed by atoms with E-state index in [4.69, 9.17) is 5.10 Å². The molecule has 3 aromatic rings. The number of hydrogen-bond donors (Lipinski definition) is 3. The molecular weight excluding hydrogens is 573 g/mol. The predicted octanol–water partition coefficient (Wildman–Crippen LogP) is 2.58. The molecule has 13 heteroatoms. The SMILES string of the molecule is CNC(=O)Nc1cccc(C)c1N1CCN(CC(O)Cn2nc(-c3ccc(CF)cc3)c3c2CCN(S(C)(=O)=O)C3)CC1. The number of aliphatic hydroxyl groups is 1. The van der Waals surface area contributed by atoms with Crippen molar-refractivity contribution in [1.29, 1.82) is 0 Å². The molecule has 0 radical (unpaired) electrons. The van der Waals surface area contributed by atoms with Crippen LogP contribution < -0.4 is 15.5 Å². The first kappa shape index (κ1) is 30.9. The fourth-order valence-corrected chi connectivity index (χ4v) is 6.74. The summed E-state index contributed by atoms with van der Waals surface area (Å²) in [5.41, 5.74) is 6.60. The van der Waals surface area contributed by atoms with Crippen molar-refractivity contribution in [3.63, 3.8) is 0 Å². The Morgan fingerprint density at radius 3 is 2.44 bits per heavy atom. The first-order valence-corrected chi connectivity index (χ1v) is 16.3. The highest BCUT2D eigenvalue weighted by Crippen LogP contribution is 2.33. The van der Waals surface area contributed by atoms with E-state index in [1.54, 1.807) is 31.3 Å². The molecule has 0 saturated carbocycles. The number of rotatable bonds is 9. The summed E-state index contributed by atoms with van der Waals surface area (Å²) < 4.78 is 41.0. The molecule has 2 aliphatic rings. The van der Waals surface area contributed by atoms with E-state index < -0.39 is 22.8 Å². The van der Waals surface area contributed by atoms with Gasteiger partial charge in [0.05, 0.1) is 36.0 Å². The van der Waals surface area contributed by atoms with Crippen molar-refractivity contribution in [3.8, 4) is 11.3 Å². The van der Waals surface area contributed by atoms with E-state index in [1.165, 1.54) is 10.6 Å². The van der Waals surface area contributed by atoms with E-state index in [2.05, 4.69) is 20.4 Å². The van der Waals surface area contributed by atoms with E-state index in [9.17, 15) is 22.7 Å². The number of para-hydroxylation sites is 1. The van der Waals surface area contributed by atoms with Crippen molar-refractivity contribution >= 4 is 27.4 Å². The van der Waals surface area contributed by atoms with Gasteiger partial charge in [-0.15, -0.1) is 0 Å². The van der Waals surface area contributed by atoms with Crippen molar-refractivity contribution in [2.45, 2.75) is 39.2 Å². The summed E-state index contributed by atoms with van der Waals surface area (Å²) in [4.78, 5) is 16.5. The van der Waals surface area contributed by atoms with Crippen LogP contribution in [0.25, 0.3) is 11.3 Å². The normalized spacial score (nSPS) is 17.0. The maximum Gasteiger partial charge on any atom is 0.319 e. The lowest BCUT2D eigenvalue weighted by Gasteiger charge is -2.38. The van der Waals surface area contributed by atoms with Crippen LogP contribution >= 0.6 is 0 Å². The van der Waals surface area contributed by atoms with Crippen molar-refractivity contribution in [1.82, 2.24) is 24.3 Å². The lowest BCUT2D eigenvalue weighted by Crippen LogP contribution is -2.49. The van der Waals surface area contributed by atoms with Crippen LogP contribution in [0.15, 0.2) is 42.5 Å². The number of aliphatic hydroxyl groups excluding tert-OH is 1. The Labute approximate surface area is 252 Å². The second-order valence-electron chi connectivity index (χ2n) is 11.2. The molecule has 0 aliphatic carbocycles. The molecule has 43 heavy (non-hydrogen) atoms. The summed E-state index contributed by atoms with van der Waals surface area (Å²) >= 11 is 0. The molecule has 1 fully saturated rings. The quantitative estimate of drug-likeness (QED) is 0.339. The van der Waals surface area contributed by atoms with Gasteiger partial charge in [-0.25, -0.2) is 17.6 Å². The van der Waals surface area contributed by atoms with Gasteiger partial charge in [0.1, 0.15) is 6.67 Å². The molecule has 0 spiro atoms. The molecule has 232 valence electrons. The van der Waals surface area contributed by atoms with E-state index in [0.29, 0.717) is 30.8 Å². The summed E-state index contributed by atoms with van der Waals surface area (Å²) in [6.07, 6.45) is 1.01. The lowest BCUT2D eigenvalue weighted by molar-refractivity contribution is 0.0911. The van der Waals surface area contributed by atoms with Gasteiger partial charge < -0.3 is 20.6 Å². The fraction of sp³-hybridized carbons (Fsp3) is 0.467. The third-order valence-corrected chi connectivity index (χ3v) is 9.45. The molecule has 2 aromatic carbocycles. The van der Waals surface area contributed by atoms with Crippen LogP contribution in [0.1, 0.15) is 22.4 Å². The Balaban J connectivity index is 1.28. The molecule has 3 heterocycles. The Bertz CT molecular complexity index is 1550. The highest BCUT2D eigenvalue weighted by molar-refractivity contribution is 7.88. The van der Waals surface area contributed by atoms with Gasteiger partial charge >= 0.3 is 6.03 Å². The summed E-state index contributed by atoms with van der Waals surface area (Å²) in [5.74, 6) is 0. The fourth-order valence-electron chi connectivity index (χ4n) is 5.96. The van der Waals surface area contributed by atoms with E-state index in [-0.39, 0.29) is 19.1 Å². The largest absolute Gasteiger partial charge is 0.390 e. The van der Waals surface area contributed by atoms with Crippen molar-refractivity contribution in [2.75, 3.05) is 62.8 Å². The molecule has 1 atom stereocenters. The highest BCUT2D eigenvalue weighted by Gasteiger charge is 2.31. The van der Waals surface area contributed by atoms with Crippen molar-refractivity contribution < 1.29 is 22.7 Å². The third-order valence-electron chi connectivity index (χ3n) is 8.20. The molecule has 2 aliphatic heterocycles. The monoisotopic (exact) mass is 613 g/mol. The number of amides is 2. The number of nitrogens with one attached hydrogen (secondary N) is 2. The van der Waals surface area contributed by atoms with Gasteiger partial charge in [0.15, 0.2) is 0 Å². The first-order valence-electron chi connectivity index (χ1n) is 14.5. The number of carbonyl (C=O) groups is 1. The summed E-state index contributed by atoms with van der Waals surface area (Å²) in [5, 5.41) is 21.5. The van der Waals surface area contributed by atoms with Crippen LogP contribution in [0.3, 0.4) is 0 Å². The smallest absolute Gasteiger partial charge is 0.319 e. The molecule has 3 N–H and O–H groups in total. The predicted molar refractivity (Wildman–Crippen MR) is 165 cm³/mol. The summed E-state index contributed by atoms with van der Waals surface area (Å²) in [6.45, 7) is 5.77. The number of carbonyl (C=O) groups excluding carboxylic acids is 1. The maximum absolute atomic E-state index is 13.1. The topological polar surface area (TPSA) is 123 Å². The number of benzene rings is 2. The van der Waals surface area contributed by atoms with E-state index in [0.717, 1.165) is 59.9 Å². The first-order chi connectivity index (χ1) is 20.6. The van der Waals surface area contributed by atoms with Crippen LogP contribution in [0.2, 0.25) is 0 Å². The maximum atomic E-state index is 13.1. The zero-order valence-corrected chi connectivity index (χ0v) is 25.7. The lowest BCUT2D eigenvalue weighted by atomic mass is 10.0. The number of urea groups is 1. The van der Waals surface area contributed by atoms with Gasteiger partial charge in [-0.1, -0.05) is 36.4 Å². The Kier molecular flexibility index (Phi) is 9.35. The molecule has 1 aromatic heterocycles. The molecule has 1 unspecified atom stereocenters. The van der Waals surface area contributed by atoms with Gasteiger partial charge in [-0.05, 0) is 24.1 Å². The third kappa shape index (κ3) is 7.01. The Morgan fingerprint density at radius 1 is 1.07 bits per heavy atom. The minimum absolute atomic E-state index is 0.210. The van der Waals surface area contributed by atoms with E-state index in [1.807, 2.05) is 29.8 Å². The van der Waals surface area contributed by atoms with Gasteiger partial charge in [0, 0.05) is 76.1 Å². The van der Waals surface area contributed by atoms with Crippen LogP contribution in [0.4, 0.5) is 20.6 Å². The minimum Gasteiger partial charge on any atom is -0.390 e. The molecule has 0 bridgehead atoms. The van der Waals surface area contributed by atoms with Crippen molar-refractivity contribution in [3.05, 3.63) is 64.8 Å². The van der Waals surface area contributed by atoms with Gasteiger partial charge in [0.2, 0.25) is 10.0 Å². The van der Waals surface area contributed by atoms with E-state index >= 15 is 0 Å². The standard InChI is InChI=1S/C30H40FN7O4S/c1-21-5-4-6-26(33-30(40)32-2)29(21)36-15-13-35(14-16-36)18-24(39)19-38-27-11-12-37(43(3,41)42)20-25(27)28(34-38)23-9-7-22(17-31)8-10-23/h4-10,24,39H,11-20H2,1-3H3,(H2,32,33,40). The number of fused-ring (bicyclic) bond motifs is 1. The van der Waals surface area contributed by atoms with Crippen molar-refractivity contribution in [2.24, 2.45) is 0 Å². The van der Waals surface area contributed by atoms with Crippen LogP contribution in [-0.2, 0) is 36.2 Å². The number of aryl methyl sites for hydroxylation is 1. The van der Waals surface area contributed by atoms with Gasteiger partial charge in [-0.3, -0.25) is 9.58 Å². The van der Waals surface area contributed by atoms with Crippen LogP contribution in [-0.4, -0.2) is 97.2 Å². The average molecular weight is 614 g/mol. The second-order valence-corrected chi connectivity index (χ2v) is 13.2. The number of sulfonamides is 1. The number of β-amino-alcohol motifs (C(OH)–C–C–N with tert-alkyl or cyclic N) is 1. The highest BCUT2D eigenvalue weighted by atomic mass is 32.2. The summed E-state index contributed by atoms with van der Waals surface area (Å²) in [7, 11) is -1.80. The van der Waals surface area contributed by atoms with Crippen LogP contribution in [0, 0.1) is 6.92 Å². The molecule has 11 nitrogen and oxygen atoms in total. The molecular formula is C30H40FN7O4S. The zero-order chi connectivity index (χ0) is 30.7. The number of halogens is 1. The van der Waals surface area contributed by atoms with Crippen LogP contribution in [0.5, 0.6) is 0 Å². The summed E-state index contributed by atoms with van der Waals surface area (Å²) in [6, 6.07) is 12.6. The van der Waals surface area contributed by atoms with Gasteiger partial charge in [-0.2, -0.15) is 9.40 Å². The number of aromatic nitrogens is 2. The average Bonchev–Trinajstić information content (AvgIpc) is 3.34. The number of hydrogen-bond acceptors (Lipinski definition) is 7. The Hall–Kier alpha value is -3.52. The van der Waals surface area contributed by atoms with Gasteiger partial charge in [0.25, 0.3) is 0 Å². The zero-order valence-electron chi connectivity index (χ0n) is 24.9. The minimum atomic E-state index is -3.39. The molecule has 1 saturated heterocycles. The molecule has 5 rings (SSSR count). The Morgan fingerprint density at radius 2 is 1.79 bits per heavy atom. The number of anilines is 2. The second kappa shape index (κ2) is 13.0. The number of alkyl halides is 1. The number of piperazine rings is 1.